The number of carbonyl (C=O) groups excluding carboxylic acids is 2. The minimum atomic E-state index is -4.84. The second-order valence-electron chi connectivity index (χ2n) is 4.97. The number of hydrogen-bond donors (Lipinski definition) is 2. The van der Waals surface area contributed by atoms with Crippen LogP contribution >= 0.6 is 0 Å². The Labute approximate surface area is 185 Å². The van der Waals surface area contributed by atoms with Crippen LogP contribution in [0.4, 0.5) is 0 Å². The van der Waals surface area contributed by atoms with Gasteiger partial charge >= 0.3 is 0 Å². The monoisotopic (exact) mass is 407 g/mol. The normalized spacial score (nSPS) is 13.7. The van der Waals surface area contributed by atoms with Gasteiger partial charge in [0.2, 0.25) is 0 Å². The first-order valence-electron chi connectivity index (χ1n) is 6.34. The van der Waals surface area contributed by atoms with E-state index in [1.165, 1.54) is 24.3 Å². The summed E-state index contributed by atoms with van der Waals surface area (Å²) in [6.07, 6.45) is 0. The zero-order valence-electron chi connectivity index (χ0n) is 12.6. The maximum Gasteiger partial charge on any atom is 0.295 e. The van der Waals surface area contributed by atoms with Gasteiger partial charge in [0.15, 0.2) is 11.6 Å². The summed E-state index contributed by atoms with van der Waals surface area (Å²) in [4.78, 5) is 23.6. The van der Waals surface area contributed by atoms with Gasteiger partial charge in [0.1, 0.15) is 9.79 Å². The molecule has 8 nitrogen and oxygen atoms in total. The molecule has 0 saturated heterocycles. The van der Waals surface area contributed by atoms with Crippen molar-refractivity contribution in [2.45, 2.75) is 9.79 Å². The summed E-state index contributed by atoms with van der Waals surface area (Å²) in [5.41, 5.74) is -1.83. The molecule has 1 aliphatic rings. The van der Waals surface area contributed by atoms with Gasteiger partial charge in [0.05, 0.1) is 11.1 Å². The van der Waals surface area contributed by atoms with E-state index in [0.717, 1.165) is 12.1 Å². The van der Waals surface area contributed by atoms with Gasteiger partial charge in [-0.3, -0.25) is 18.7 Å². The van der Waals surface area contributed by atoms with Crippen molar-refractivity contribution in [2.75, 3.05) is 0 Å². The molecule has 0 aliphatic heterocycles. The van der Waals surface area contributed by atoms with Crippen LogP contribution in [0, 0.1) is 0 Å². The van der Waals surface area contributed by atoms with E-state index in [1.807, 2.05) is 0 Å². The van der Waals surface area contributed by atoms with Crippen LogP contribution in [0.1, 0.15) is 31.8 Å². The summed E-state index contributed by atoms with van der Waals surface area (Å²) in [5, 5.41) is 0. The van der Waals surface area contributed by atoms with E-state index in [2.05, 4.69) is 0 Å². The predicted octanol–water partition coefficient (Wildman–Crippen LogP) is 0.575. The molecule has 0 spiro atoms. The molecule has 3 rings (SSSR count). The standard InChI is InChI=1S/C14H8O8S2.K/c15-13-7-3-1-5-9(23(17,18)19)11(7)14(16)12-8(13)4-2-6-10(12)24(20,21)22;/h1-6H,(H,17,18,19)(H,20,21,22);. The van der Waals surface area contributed by atoms with Crippen molar-refractivity contribution in [1.82, 2.24) is 0 Å². The van der Waals surface area contributed by atoms with Crippen LogP contribution in [0.3, 0.4) is 0 Å². The molecule has 11 heteroatoms. The summed E-state index contributed by atoms with van der Waals surface area (Å²) in [6.45, 7) is 0. The van der Waals surface area contributed by atoms with E-state index in [9.17, 15) is 35.5 Å². The van der Waals surface area contributed by atoms with Crippen molar-refractivity contribution in [3.63, 3.8) is 0 Å². The smallest absolute Gasteiger partial charge is 0.289 e. The minimum absolute atomic E-state index is 0. The van der Waals surface area contributed by atoms with Crippen molar-refractivity contribution in [3.8, 4) is 0 Å². The molecule has 0 bridgehead atoms. The first kappa shape index (κ1) is 20.5. The predicted molar refractivity (Wildman–Crippen MR) is 85.1 cm³/mol. The average molecular weight is 407 g/mol. The SMILES string of the molecule is O=C1c2cccc(S(=O)(=O)O)c2C(=O)c2c1cccc2S(=O)(=O)O.[K]. The number of benzene rings is 2. The zero-order chi connectivity index (χ0) is 17.9. The molecule has 1 aliphatic carbocycles. The van der Waals surface area contributed by atoms with Gasteiger partial charge in [-0.1, -0.05) is 24.3 Å². The molecule has 2 aromatic carbocycles. The van der Waals surface area contributed by atoms with Gasteiger partial charge in [-0.2, -0.15) is 16.8 Å². The number of carbonyl (C=O) groups is 2. The molecule has 0 amide bonds. The summed E-state index contributed by atoms with van der Waals surface area (Å²) >= 11 is 0. The molecule has 0 aromatic heterocycles. The topological polar surface area (TPSA) is 143 Å². The zero-order valence-corrected chi connectivity index (χ0v) is 17.4. The maximum absolute atomic E-state index is 12.7. The van der Waals surface area contributed by atoms with Crippen molar-refractivity contribution in [2.24, 2.45) is 0 Å². The Morgan fingerprint density at radius 1 is 0.640 bits per heavy atom. The summed E-state index contributed by atoms with van der Waals surface area (Å²) in [6, 6.07) is 6.55. The third-order valence-electron chi connectivity index (χ3n) is 3.55. The summed E-state index contributed by atoms with van der Waals surface area (Å²) < 4.78 is 64.4. The molecular formula is C14H8KO8S2. The molecule has 25 heavy (non-hydrogen) atoms. The van der Waals surface area contributed by atoms with Gasteiger partial charge in [0, 0.05) is 62.5 Å². The molecule has 0 atom stereocenters. The second kappa shape index (κ2) is 6.76. The van der Waals surface area contributed by atoms with Crippen LogP contribution < -0.4 is 0 Å². The third kappa shape index (κ3) is 3.43. The fourth-order valence-corrected chi connectivity index (χ4v) is 4.03. The molecule has 0 saturated carbocycles. The second-order valence-corrected chi connectivity index (χ2v) is 7.75. The Bertz CT molecular complexity index is 1050. The Kier molecular flexibility index (Phi) is 5.55. The Morgan fingerprint density at radius 3 is 1.32 bits per heavy atom. The van der Waals surface area contributed by atoms with E-state index in [1.54, 1.807) is 0 Å². The fraction of sp³-hybridized carbons (Fsp3) is 0. The van der Waals surface area contributed by atoms with E-state index in [-0.39, 0.29) is 62.5 Å². The average Bonchev–Trinajstić information content (AvgIpc) is 2.49. The van der Waals surface area contributed by atoms with Crippen LogP contribution in [0.5, 0.6) is 0 Å². The molecule has 0 heterocycles. The largest absolute Gasteiger partial charge is 0.295 e. The Hall–Kier alpha value is -0.764. The van der Waals surface area contributed by atoms with Gasteiger partial charge in [0.25, 0.3) is 20.2 Å². The quantitative estimate of drug-likeness (QED) is 0.464. The number of ketones is 2. The van der Waals surface area contributed by atoms with Crippen molar-refractivity contribution >= 4 is 83.2 Å². The van der Waals surface area contributed by atoms with Crippen LogP contribution in [-0.4, -0.2) is 88.9 Å². The number of hydrogen-bond acceptors (Lipinski definition) is 6. The molecule has 2 aromatic rings. The van der Waals surface area contributed by atoms with Crippen LogP contribution in [0.15, 0.2) is 46.2 Å². The van der Waals surface area contributed by atoms with Crippen molar-refractivity contribution in [3.05, 3.63) is 58.7 Å². The minimum Gasteiger partial charge on any atom is -0.289 e. The number of fused-ring (bicyclic) bond motifs is 2. The summed E-state index contributed by atoms with van der Waals surface area (Å²) in [7, 11) is -9.67. The van der Waals surface area contributed by atoms with Gasteiger partial charge in [-0.25, -0.2) is 0 Å². The maximum atomic E-state index is 12.7. The van der Waals surface area contributed by atoms with Gasteiger partial charge < -0.3 is 0 Å². The van der Waals surface area contributed by atoms with Crippen LogP contribution in [0.25, 0.3) is 0 Å². The molecule has 0 fully saturated rings. The molecule has 1 radical (unpaired) electrons. The van der Waals surface area contributed by atoms with Crippen molar-refractivity contribution in [1.29, 1.82) is 0 Å². The number of rotatable bonds is 2. The Morgan fingerprint density at radius 2 is 1.00 bits per heavy atom. The van der Waals surface area contributed by atoms with E-state index < -0.39 is 52.7 Å². The van der Waals surface area contributed by atoms with E-state index in [0.29, 0.717) is 0 Å². The first-order chi connectivity index (χ1) is 11.0. The third-order valence-corrected chi connectivity index (χ3v) is 5.34. The first-order valence-corrected chi connectivity index (χ1v) is 9.22. The van der Waals surface area contributed by atoms with Crippen molar-refractivity contribution < 1.29 is 35.5 Å². The van der Waals surface area contributed by atoms with Crippen LogP contribution in [0.2, 0.25) is 0 Å². The van der Waals surface area contributed by atoms with E-state index in [4.69, 9.17) is 0 Å². The molecule has 0 unspecified atom stereocenters. The Balaban J connectivity index is 0.00000225. The molecule has 125 valence electrons. The molecular weight excluding hydrogens is 399 g/mol. The van der Waals surface area contributed by atoms with Gasteiger partial charge in [-0.15, -0.1) is 0 Å². The van der Waals surface area contributed by atoms with Crippen LogP contribution in [-0.2, 0) is 20.2 Å². The molecule has 2 N–H and O–H groups in total. The summed E-state index contributed by atoms with van der Waals surface area (Å²) in [5.74, 6) is -1.89. The van der Waals surface area contributed by atoms with E-state index >= 15 is 0 Å². The fourth-order valence-electron chi connectivity index (χ4n) is 2.61. The van der Waals surface area contributed by atoms with Gasteiger partial charge in [-0.05, 0) is 12.1 Å².